The fraction of sp³-hybridized carbons (Fsp3) is 0.250. The van der Waals surface area contributed by atoms with Crippen LogP contribution < -0.4 is 4.74 Å². The van der Waals surface area contributed by atoms with Crippen molar-refractivity contribution in [2.24, 2.45) is 0 Å². The van der Waals surface area contributed by atoms with Crippen LogP contribution in [-0.2, 0) is 16.0 Å². The number of hydrogen-bond acceptors (Lipinski definition) is 6. The van der Waals surface area contributed by atoms with E-state index in [0.29, 0.717) is 17.3 Å². The normalized spacial score (nSPS) is 10.6. The first kappa shape index (κ1) is 18.6. The SMILES string of the molecule is Cc1cccc(OCCOC(=O)CCc2nc(-c3ccc(F)cc3)no2)c1. The van der Waals surface area contributed by atoms with E-state index in [0.717, 1.165) is 11.3 Å². The number of ether oxygens (including phenoxy) is 2. The summed E-state index contributed by atoms with van der Waals surface area (Å²) in [7, 11) is 0. The van der Waals surface area contributed by atoms with E-state index in [1.54, 1.807) is 12.1 Å². The lowest BCUT2D eigenvalue weighted by Crippen LogP contribution is -2.12. The minimum absolute atomic E-state index is 0.121. The molecule has 0 bridgehead atoms. The summed E-state index contributed by atoms with van der Waals surface area (Å²) in [5.74, 6) is 0.707. The van der Waals surface area contributed by atoms with Gasteiger partial charge in [0, 0.05) is 12.0 Å². The molecule has 27 heavy (non-hydrogen) atoms. The second-order valence-electron chi connectivity index (χ2n) is 5.90. The first-order chi connectivity index (χ1) is 13.1. The van der Waals surface area contributed by atoms with Crippen LogP contribution in [0.2, 0.25) is 0 Å². The number of carbonyl (C=O) groups excluding carboxylic acids is 1. The zero-order valence-corrected chi connectivity index (χ0v) is 14.9. The number of hydrogen-bond donors (Lipinski definition) is 0. The van der Waals surface area contributed by atoms with Gasteiger partial charge < -0.3 is 14.0 Å². The molecule has 2 aromatic carbocycles. The number of esters is 1. The lowest BCUT2D eigenvalue weighted by atomic mass is 10.2. The Bertz CT molecular complexity index is 893. The molecule has 0 amide bonds. The van der Waals surface area contributed by atoms with Gasteiger partial charge in [0.05, 0.1) is 6.42 Å². The number of aromatic nitrogens is 2. The van der Waals surface area contributed by atoms with Crippen molar-refractivity contribution in [3.63, 3.8) is 0 Å². The molecule has 1 aromatic heterocycles. The highest BCUT2D eigenvalue weighted by atomic mass is 19.1. The minimum atomic E-state index is -0.371. The molecule has 0 aliphatic heterocycles. The Morgan fingerprint density at radius 3 is 2.74 bits per heavy atom. The van der Waals surface area contributed by atoms with Crippen molar-refractivity contribution in [1.82, 2.24) is 10.1 Å². The molecule has 3 aromatic rings. The maximum Gasteiger partial charge on any atom is 0.306 e. The van der Waals surface area contributed by atoms with Gasteiger partial charge >= 0.3 is 5.97 Å². The molecule has 140 valence electrons. The Morgan fingerprint density at radius 1 is 1.15 bits per heavy atom. The highest BCUT2D eigenvalue weighted by Crippen LogP contribution is 2.16. The summed E-state index contributed by atoms with van der Waals surface area (Å²) in [6.45, 7) is 2.42. The molecule has 0 atom stereocenters. The Hall–Kier alpha value is -3.22. The summed E-state index contributed by atoms with van der Waals surface area (Å²) in [4.78, 5) is 16.0. The van der Waals surface area contributed by atoms with Crippen LogP contribution in [0.3, 0.4) is 0 Å². The van der Waals surface area contributed by atoms with Gasteiger partial charge in [0.2, 0.25) is 11.7 Å². The summed E-state index contributed by atoms with van der Waals surface area (Å²) >= 11 is 0. The van der Waals surface area contributed by atoms with E-state index in [1.807, 2.05) is 31.2 Å². The van der Waals surface area contributed by atoms with Gasteiger partial charge in [0.1, 0.15) is 24.8 Å². The summed E-state index contributed by atoms with van der Waals surface area (Å²) in [5, 5.41) is 3.83. The minimum Gasteiger partial charge on any atom is -0.490 e. The lowest BCUT2D eigenvalue weighted by Gasteiger charge is -2.07. The number of aryl methyl sites for hydroxylation is 2. The molecule has 0 aliphatic carbocycles. The van der Waals surface area contributed by atoms with Gasteiger partial charge in [-0.15, -0.1) is 0 Å². The van der Waals surface area contributed by atoms with Crippen molar-refractivity contribution in [1.29, 1.82) is 0 Å². The van der Waals surface area contributed by atoms with E-state index in [4.69, 9.17) is 14.0 Å². The fourth-order valence-electron chi connectivity index (χ4n) is 2.37. The molecule has 0 saturated heterocycles. The quantitative estimate of drug-likeness (QED) is 0.444. The van der Waals surface area contributed by atoms with E-state index in [1.165, 1.54) is 12.1 Å². The van der Waals surface area contributed by atoms with Crippen molar-refractivity contribution in [2.45, 2.75) is 19.8 Å². The Morgan fingerprint density at radius 2 is 1.96 bits per heavy atom. The van der Waals surface area contributed by atoms with Gasteiger partial charge in [-0.3, -0.25) is 4.79 Å². The third-order valence-corrected chi connectivity index (χ3v) is 3.72. The Balaban J connectivity index is 1.38. The van der Waals surface area contributed by atoms with Crippen molar-refractivity contribution in [2.75, 3.05) is 13.2 Å². The monoisotopic (exact) mass is 370 g/mol. The van der Waals surface area contributed by atoms with E-state index < -0.39 is 0 Å². The first-order valence-corrected chi connectivity index (χ1v) is 8.54. The molecule has 7 heteroatoms. The largest absolute Gasteiger partial charge is 0.490 e. The topological polar surface area (TPSA) is 74.5 Å². The molecule has 0 radical (unpaired) electrons. The molecule has 0 aliphatic rings. The van der Waals surface area contributed by atoms with Crippen molar-refractivity contribution >= 4 is 5.97 Å². The average molecular weight is 370 g/mol. The zero-order chi connectivity index (χ0) is 19.1. The molecular formula is C20H19FN2O4. The van der Waals surface area contributed by atoms with Crippen LogP contribution in [0.25, 0.3) is 11.4 Å². The number of nitrogens with zero attached hydrogens (tertiary/aromatic N) is 2. The van der Waals surface area contributed by atoms with E-state index in [-0.39, 0.29) is 37.8 Å². The number of rotatable bonds is 8. The summed E-state index contributed by atoms with van der Waals surface area (Å²) < 4.78 is 28.7. The van der Waals surface area contributed by atoms with Crippen LogP contribution in [0.4, 0.5) is 4.39 Å². The van der Waals surface area contributed by atoms with Gasteiger partial charge in [0.15, 0.2) is 0 Å². The van der Waals surface area contributed by atoms with Crippen LogP contribution in [0.5, 0.6) is 5.75 Å². The van der Waals surface area contributed by atoms with Gasteiger partial charge in [-0.25, -0.2) is 4.39 Å². The maximum atomic E-state index is 12.9. The summed E-state index contributed by atoms with van der Waals surface area (Å²) in [6.07, 6.45) is 0.390. The fourth-order valence-corrected chi connectivity index (χ4v) is 2.37. The standard InChI is InChI=1S/C20H19FN2O4/c1-14-3-2-4-17(13-14)25-11-12-26-19(24)10-9-18-22-20(23-27-18)15-5-7-16(21)8-6-15/h2-8,13H,9-12H2,1H3. The van der Waals surface area contributed by atoms with Gasteiger partial charge in [-0.05, 0) is 48.9 Å². The highest BCUT2D eigenvalue weighted by molar-refractivity contribution is 5.69. The van der Waals surface area contributed by atoms with E-state index in [9.17, 15) is 9.18 Å². The first-order valence-electron chi connectivity index (χ1n) is 8.54. The summed E-state index contributed by atoms with van der Waals surface area (Å²) in [6, 6.07) is 13.4. The second-order valence-corrected chi connectivity index (χ2v) is 5.90. The lowest BCUT2D eigenvalue weighted by molar-refractivity contribution is -0.144. The third kappa shape index (κ3) is 5.64. The predicted molar refractivity (Wildman–Crippen MR) is 95.6 cm³/mol. The third-order valence-electron chi connectivity index (χ3n) is 3.72. The van der Waals surface area contributed by atoms with Crippen LogP contribution >= 0.6 is 0 Å². The summed E-state index contributed by atoms with van der Waals surface area (Å²) in [5.41, 5.74) is 1.74. The molecular weight excluding hydrogens is 351 g/mol. The molecule has 6 nitrogen and oxygen atoms in total. The van der Waals surface area contributed by atoms with Gasteiger partial charge in [-0.2, -0.15) is 4.98 Å². The molecule has 1 heterocycles. The molecule has 0 unspecified atom stereocenters. The smallest absolute Gasteiger partial charge is 0.306 e. The molecule has 0 saturated carbocycles. The molecule has 0 N–H and O–H groups in total. The maximum absolute atomic E-state index is 12.9. The van der Waals surface area contributed by atoms with Crippen LogP contribution in [0.15, 0.2) is 53.1 Å². The predicted octanol–water partition coefficient (Wildman–Crippen LogP) is 3.74. The Kier molecular flexibility index (Phi) is 6.14. The van der Waals surface area contributed by atoms with E-state index in [2.05, 4.69) is 10.1 Å². The van der Waals surface area contributed by atoms with Gasteiger partial charge in [0.25, 0.3) is 0 Å². The molecule has 0 spiro atoms. The average Bonchev–Trinajstić information content (AvgIpc) is 3.13. The van der Waals surface area contributed by atoms with Crippen molar-refractivity contribution in [3.8, 4) is 17.1 Å². The second kappa shape index (κ2) is 8.93. The molecule has 3 rings (SSSR count). The highest BCUT2D eigenvalue weighted by Gasteiger charge is 2.11. The van der Waals surface area contributed by atoms with Crippen LogP contribution in [-0.4, -0.2) is 29.3 Å². The van der Waals surface area contributed by atoms with Crippen molar-refractivity contribution in [3.05, 3.63) is 65.8 Å². The van der Waals surface area contributed by atoms with Crippen LogP contribution in [0.1, 0.15) is 17.9 Å². The zero-order valence-electron chi connectivity index (χ0n) is 14.9. The number of halogens is 1. The Labute approximate surface area is 155 Å². The molecule has 0 fully saturated rings. The van der Waals surface area contributed by atoms with Crippen LogP contribution in [0, 0.1) is 12.7 Å². The van der Waals surface area contributed by atoms with E-state index >= 15 is 0 Å². The van der Waals surface area contributed by atoms with Gasteiger partial charge in [-0.1, -0.05) is 17.3 Å². The number of carbonyl (C=O) groups is 1. The number of benzene rings is 2. The van der Waals surface area contributed by atoms with Crippen molar-refractivity contribution < 1.29 is 23.2 Å².